The minimum Gasteiger partial charge on any atom is -0.452 e. The molecule has 1 N–H and O–H groups in total. The molecule has 0 saturated heterocycles. The quantitative estimate of drug-likeness (QED) is 0.315. The summed E-state index contributed by atoms with van der Waals surface area (Å²) in [6.45, 7) is -0.506. The van der Waals surface area contributed by atoms with Crippen LogP contribution < -0.4 is 5.32 Å². The fourth-order valence-electron chi connectivity index (χ4n) is 3.72. The summed E-state index contributed by atoms with van der Waals surface area (Å²) in [6.07, 6.45) is 5.00. The Kier molecular flexibility index (Phi) is 6.78. The molecule has 8 heteroatoms. The summed E-state index contributed by atoms with van der Waals surface area (Å²) in [5.74, 6) is -1.54. The number of esters is 1. The van der Waals surface area contributed by atoms with Gasteiger partial charge in [0.05, 0.1) is 16.0 Å². The summed E-state index contributed by atoms with van der Waals surface area (Å²) in [6, 6.07) is 12.1. The van der Waals surface area contributed by atoms with E-state index >= 15 is 0 Å². The molecule has 0 spiro atoms. The molecule has 1 amide bonds. The molecule has 1 aliphatic carbocycles. The average molecular weight is 465 g/mol. The van der Waals surface area contributed by atoms with Crippen molar-refractivity contribution in [2.45, 2.75) is 32.1 Å². The van der Waals surface area contributed by atoms with Crippen molar-refractivity contribution < 1.29 is 19.1 Å². The van der Waals surface area contributed by atoms with Crippen LogP contribution in [-0.4, -0.2) is 24.3 Å². The third-order valence-electron chi connectivity index (χ3n) is 5.26. The molecule has 1 aliphatic rings. The van der Waals surface area contributed by atoms with Crippen molar-refractivity contribution in [3.05, 3.63) is 73.8 Å². The molecule has 0 aliphatic heterocycles. The lowest BCUT2D eigenvalue weighted by Crippen LogP contribution is -2.22. The monoisotopic (exact) mass is 464 g/mol. The first kappa shape index (κ1) is 21.9. The largest absolute Gasteiger partial charge is 0.452 e. The van der Waals surface area contributed by atoms with Crippen LogP contribution in [0.3, 0.4) is 0 Å². The highest BCUT2D eigenvalue weighted by molar-refractivity contribution is 7.16. The van der Waals surface area contributed by atoms with Crippen LogP contribution in [0.25, 0.3) is 0 Å². The van der Waals surface area contributed by atoms with Crippen molar-refractivity contribution in [1.29, 1.82) is 5.26 Å². The van der Waals surface area contributed by atoms with E-state index < -0.39 is 18.5 Å². The SMILES string of the molecule is N#Cc1c(NC(=O)COC(=O)c2ccccc2C(=O)c2cccs2)sc2c1CCCCC2. The minimum atomic E-state index is -0.747. The number of rotatable bonds is 6. The Morgan fingerprint density at radius 3 is 2.56 bits per heavy atom. The number of nitriles is 1. The molecule has 2 aromatic heterocycles. The Labute approximate surface area is 193 Å². The van der Waals surface area contributed by atoms with Gasteiger partial charge in [-0.3, -0.25) is 9.59 Å². The maximum Gasteiger partial charge on any atom is 0.339 e. The molecular weight excluding hydrogens is 444 g/mol. The summed E-state index contributed by atoms with van der Waals surface area (Å²) in [5, 5.41) is 14.6. The number of ketones is 1. The standard InChI is InChI=1S/C24H20N2O4S2/c25-13-18-15-7-2-1-3-10-19(15)32-23(18)26-21(27)14-30-24(29)17-9-5-4-8-16(17)22(28)20-11-6-12-31-20/h4-6,8-9,11-12H,1-3,7,10,14H2,(H,26,27). The van der Waals surface area contributed by atoms with Crippen LogP contribution in [0.4, 0.5) is 5.00 Å². The van der Waals surface area contributed by atoms with E-state index in [0.29, 0.717) is 15.4 Å². The zero-order valence-corrected chi connectivity index (χ0v) is 18.8. The normalized spacial score (nSPS) is 12.8. The van der Waals surface area contributed by atoms with Gasteiger partial charge >= 0.3 is 5.97 Å². The predicted molar refractivity (Wildman–Crippen MR) is 123 cm³/mol. The number of nitrogens with one attached hydrogen (secondary N) is 1. The Morgan fingerprint density at radius 2 is 1.81 bits per heavy atom. The molecule has 0 bridgehead atoms. The van der Waals surface area contributed by atoms with Gasteiger partial charge in [0.25, 0.3) is 5.91 Å². The number of thiophene rings is 2. The number of anilines is 1. The molecule has 0 fully saturated rings. The highest BCUT2D eigenvalue weighted by Crippen LogP contribution is 2.36. The molecule has 2 heterocycles. The van der Waals surface area contributed by atoms with Crippen LogP contribution in [0.1, 0.15) is 60.9 Å². The van der Waals surface area contributed by atoms with Crippen LogP contribution in [0.5, 0.6) is 0 Å². The maximum atomic E-state index is 12.7. The van der Waals surface area contributed by atoms with Crippen LogP contribution in [0, 0.1) is 11.3 Å². The molecule has 3 aromatic rings. The average Bonchev–Trinajstić information content (AvgIpc) is 3.39. The number of hydrogen-bond acceptors (Lipinski definition) is 7. The van der Waals surface area contributed by atoms with Crippen LogP contribution >= 0.6 is 22.7 Å². The first-order valence-corrected chi connectivity index (χ1v) is 12.0. The number of amides is 1. The third-order valence-corrected chi connectivity index (χ3v) is 7.33. The Balaban J connectivity index is 1.43. The first-order valence-electron chi connectivity index (χ1n) is 10.3. The number of nitrogens with zero attached hydrogens (tertiary/aromatic N) is 1. The molecule has 0 unspecified atom stereocenters. The lowest BCUT2D eigenvalue weighted by molar-refractivity contribution is -0.119. The lowest BCUT2D eigenvalue weighted by atomic mass is 10.0. The van der Waals surface area contributed by atoms with Crippen LogP contribution in [0.2, 0.25) is 0 Å². The summed E-state index contributed by atoms with van der Waals surface area (Å²) in [5.41, 5.74) is 1.88. The molecule has 4 rings (SSSR count). The number of ether oxygens (including phenoxy) is 1. The van der Waals surface area contributed by atoms with Crippen LogP contribution in [-0.2, 0) is 22.4 Å². The minimum absolute atomic E-state index is 0.110. The second-order valence-electron chi connectivity index (χ2n) is 7.36. The Hall–Kier alpha value is -3.28. The third kappa shape index (κ3) is 4.64. The molecule has 0 atom stereocenters. The highest BCUT2D eigenvalue weighted by Gasteiger charge is 2.23. The van der Waals surface area contributed by atoms with Crippen molar-refractivity contribution in [2.24, 2.45) is 0 Å². The van der Waals surface area contributed by atoms with E-state index in [-0.39, 0.29) is 16.9 Å². The van der Waals surface area contributed by atoms with E-state index in [1.54, 1.807) is 35.7 Å². The second-order valence-corrected chi connectivity index (χ2v) is 9.41. The van der Waals surface area contributed by atoms with Crippen LogP contribution in [0.15, 0.2) is 41.8 Å². The van der Waals surface area contributed by atoms with Crippen molar-refractivity contribution in [3.63, 3.8) is 0 Å². The van der Waals surface area contributed by atoms with Gasteiger partial charge in [-0.15, -0.1) is 22.7 Å². The van der Waals surface area contributed by atoms with E-state index in [1.807, 2.05) is 0 Å². The van der Waals surface area contributed by atoms with E-state index in [4.69, 9.17) is 4.74 Å². The van der Waals surface area contributed by atoms with Gasteiger partial charge in [-0.1, -0.05) is 30.7 Å². The fourth-order valence-corrected chi connectivity index (χ4v) is 5.65. The van der Waals surface area contributed by atoms with Gasteiger partial charge in [0.1, 0.15) is 11.1 Å². The molecule has 32 heavy (non-hydrogen) atoms. The van der Waals surface area contributed by atoms with Gasteiger partial charge in [-0.2, -0.15) is 5.26 Å². The lowest BCUT2D eigenvalue weighted by Gasteiger charge is -2.09. The first-order chi connectivity index (χ1) is 15.6. The zero-order chi connectivity index (χ0) is 22.5. The molecule has 0 saturated carbocycles. The van der Waals surface area contributed by atoms with Gasteiger partial charge < -0.3 is 10.1 Å². The summed E-state index contributed by atoms with van der Waals surface area (Å²) >= 11 is 2.72. The molecular formula is C24H20N2O4S2. The Bertz CT molecular complexity index is 1210. The van der Waals surface area contributed by atoms with E-state index in [0.717, 1.165) is 42.5 Å². The number of hydrogen-bond donors (Lipinski definition) is 1. The van der Waals surface area contributed by atoms with E-state index in [1.165, 1.54) is 28.7 Å². The molecule has 162 valence electrons. The van der Waals surface area contributed by atoms with Crippen molar-refractivity contribution >= 4 is 45.3 Å². The molecule has 0 radical (unpaired) electrons. The number of fused-ring (bicyclic) bond motifs is 1. The zero-order valence-electron chi connectivity index (χ0n) is 17.2. The van der Waals surface area contributed by atoms with Gasteiger partial charge in [0, 0.05) is 10.4 Å². The van der Waals surface area contributed by atoms with E-state index in [2.05, 4.69) is 11.4 Å². The number of benzene rings is 1. The van der Waals surface area contributed by atoms with Gasteiger partial charge in [0.2, 0.25) is 5.78 Å². The summed E-state index contributed by atoms with van der Waals surface area (Å²) < 4.78 is 5.19. The predicted octanol–water partition coefficient (Wildman–Crippen LogP) is 4.98. The maximum absolute atomic E-state index is 12.7. The molecule has 6 nitrogen and oxygen atoms in total. The van der Waals surface area contributed by atoms with Gasteiger partial charge in [-0.25, -0.2) is 4.79 Å². The van der Waals surface area contributed by atoms with Crippen molar-refractivity contribution in [2.75, 3.05) is 11.9 Å². The number of aryl methyl sites for hydroxylation is 1. The Morgan fingerprint density at radius 1 is 1.03 bits per heavy atom. The van der Waals surface area contributed by atoms with Crippen molar-refractivity contribution in [1.82, 2.24) is 0 Å². The van der Waals surface area contributed by atoms with E-state index in [9.17, 15) is 19.6 Å². The topological polar surface area (TPSA) is 96.3 Å². The molecule has 1 aromatic carbocycles. The van der Waals surface area contributed by atoms with Crippen molar-refractivity contribution in [3.8, 4) is 6.07 Å². The fraction of sp³-hybridized carbons (Fsp3) is 0.250. The smallest absolute Gasteiger partial charge is 0.339 e. The van der Waals surface area contributed by atoms with Gasteiger partial charge in [-0.05, 0) is 48.8 Å². The number of carbonyl (C=O) groups excluding carboxylic acids is 3. The summed E-state index contributed by atoms with van der Waals surface area (Å²) in [4.78, 5) is 39.4. The second kappa shape index (κ2) is 9.90. The summed E-state index contributed by atoms with van der Waals surface area (Å²) in [7, 11) is 0. The highest BCUT2D eigenvalue weighted by atomic mass is 32.1. The van der Waals surface area contributed by atoms with Gasteiger partial charge in [0.15, 0.2) is 6.61 Å². The number of carbonyl (C=O) groups is 3.